The van der Waals surface area contributed by atoms with E-state index in [4.69, 9.17) is 5.73 Å². The van der Waals surface area contributed by atoms with Crippen LogP contribution in [0.5, 0.6) is 0 Å². The number of nitrogens with two attached hydrogens (primary N) is 1. The Balaban J connectivity index is 2.22. The van der Waals surface area contributed by atoms with Gasteiger partial charge in [-0.2, -0.15) is 0 Å². The van der Waals surface area contributed by atoms with Crippen LogP contribution in [-0.4, -0.2) is 19.1 Å². The van der Waals surface area contributed by atoms with Gasteiger partial charge >= 0.3 is 0 Å². The summed E-state index contributed by atoms with van der Waals surface area (Å²) in [7, 11) is 2.14. The fourth-order valence-electron chi connectivity index (χ4n) is 2.23. The van der Waals surface area contributed by atoms with Crippen LogP contribution < -0.4 is 10.6 Å². The molecule has 1 aliphatic carbocycles. The fraction of sp³-hybridized carbons (Fsp3) is 0.571. The second kappa shape index (κ2) is 3.77. The van der Waals surface area contributed by atoms with Gasteiger partial charge in [0.1, 0.15) is 0 Å². The number of hydrogen-bond donors (Lipinski definition) is 1. The Hall–Kier alpha value is -1.02. The number of rotatable bonds is 3. The summed E-state index contributed by atoms with van der Waals surface area (Å²) >= 11 is 0. The lowest BCUT2D eigenvalue weighted by molar-refractivity contribution is 0.659. The Morgan fingerprint density at radius 1 is 1.12 bits per heavy atom. The van der Waals surface area contributed by atoms with E-state index in [1.54, 1.807) is 0 Å². The third-order valence-corrected chi connectivity index (χ3v) is 3.67. The molecule has 0 unspecified atom stereocenters. The van der Waals surface area contributed by atoms with Gasteiger partial charge in [0.05, 0.1) is 0 Å². The first-order valence-corrected chi connectivity index (χ1v) is 5.99. The lowest BCUT2D eigenvalue weighted by atomic mass is 10.0. The van der Waals surface area contributed by atoms with Crippen molar-refractivity contribution in [3.8, 4) is 0 Å². The van der Waals surface area contributed by atoms with Gasteiger partial charge in [-0.25, -0.2) is 0 Å². The number of nitrogens with zero attached hydrogens (tertiary/aromatic N) is 1. The molecule has 2 N–H and O–H groups in total. The molecule has 0 saturated heterocycles. The maximum atomic E-state index is 6.16. The molecule has 2 heteroatoms. The van der Waals surface area contributed by atoms with Crippen LogP contribution >= 0.6 is 0 Å². The smallest absolute Gasteiger partial charge is 0.0396 e. The predicted octanol–water partition coefficient (Wildman–Crippen LogP) is 2.54. The van der Waals surface area contributed by atoms with Crippen LogP contribution in [0.15, 0.2) is 12.1 Å². The van der Waals surface area contributed by atoms with Crippen LogP contribution in [0.3, 0.4) is 0 Å². The van der Waals surface area contributed by atoms with Crippen LogP contribution in [0, 0.1) is 20.8 Å². The van der Waals surface area contributed by atoms with Gasteiger partial charge in [0, 0.05) is 24.8 Å². The standard InChI is InChI=1S/C14H22N2/c1-10-7-12(3)13(8-11(10)2)16(4)9-14(15)5-6-14/h7-8H,5-6,9,15H2,1-4H3. The van der Waals surface area contributed by atoms with E-state index in [0.717, 1.165) is 6.54 Å². The van der Waals surface area contributed by atoms with E-state index in [9.17, 15) is 0 Å². The lowest BCUT2D eigenvalue weighted by Gasteiger charge is -2.25. The van der Waals surface area contributed by atoms with Gasteiger partial charge in [0.15, 0.2) is 0 Å². The number of hydrogen-bond acceptors (Lipinski definition) is 2. The van der Waals surface area contributed by atoms with Crippen molar-refractivity contribution < 1.29 is 0 Å². The molecule has 2 nitrogen and oxygen atoms in total. The molecule has 0 bridgehead atoms. The molecule has 16 heavy (non-hydrogen) atoms. The fourth-order valence-corrected chi connectivity index (χ4v) is 2.23. The first-order valence-electron chi connectivity index (χ1n) is 5.99. The zero-order valence-corrected chi connectivity index (χ0v) is 10.8. The summed E-state index contributed by atoms with van der Waals surface area (Å²) in [6, 6.07) is 4.54. The van der Waals surface area contributed by atoms with E-state index in [1.807, 2.05) is 0 Å². The molecule has 0 aromatic heterocycles. The minimum Gasteiger partial charge on any atom is -0.373 e. The summed E-state index contributed by atoms with van der Waals surface area (Å²) in [4.78, 5) is 2.30. The van der Waals surface area contributed by atoms with E-state index in [1.165, 1.54) is 35.2 Å². The average Bonchev–Trinajstić information content (AvgIpc) is 2.89. The summed E-state index contributed by atoms with van der Waals surface area (Å²) in [5.41, 5.74) is 11.6. The highest BCUT2D eigenvalue weighted by molar-refractivity contribution is 5.56. The van der Waals surface area contributed by atoms with Gasteiger partial charge in [-0.3, -0.25) is 0 Å². The van der Waals surface area contributed by atoms with E-state index in [-0.39, 0.29) is 5.54 Å². The van der Waals surface area contributed by atoms with Crippen LogP contribution in [-0.2, 0) is 0 Å². The Bertz CT molecular complexity index is 405. The molecular weight excluding hydrogens is 196 g/mol. The molecule has 0 amide bonds. The highest BCUT2D eigenvalue weighted by Gasteiger charge is 2.39. The molecule has 0 atom stereocenters. The first kappa shape index (κ1) is 11.5. The average molecular weight is 218 g/mol. The van der Waals surface area contributed by atoms with Crippen molar-refractivity contribution in [2.75, 3.05) is 18.5 Å². The lowest BCUT2D eigenvalue weighted by Crippen LogP contribution is -2.37. The van der Waals surface area contributed by atoms with Crippen molar-refractivity contribution in [3.05, 3.63) is 28.8 Å². The first-order chi connectivity index (χ1) is 7.41. The van der Waals surface area contributed by atoms with Gasteiger partial charge in [0.25, 0.3) is 0 Å². The molecule has 1 fully saturated rings. The summed E-state index contributed by atoms with van der Waals surface area (Å²) in [6.07, 6.45) is 2.34. The molecule has 2 rings (SSSR count). The zero-order valence-electron chi connectivity index (χ0n) is 10.8. The summed E-state index contributed by atoms with van der Waals surface area (Å²) in [6.45, 7) is 7.48. The van der Waals surface area contributed by atoms with E-state index < -0.39 is 0 Å². The maximum Gasteiger partial charge on any atom is 0.0396 e. The van der Waals surface area contributed by atoms with Gasteiger partial charge in [-0.15, -0.1) is 0 Å². The Labute approximate surface area is 98.4 Å². The van der Waals surface area contributed by atoms with Crippen molar-refractivity contribution in [2.45, 2.75) is 39.2 Å². The second-order valence-corrected chi connectivity index (χ2v) is 5.44. The quantitative estimate of drug-likeness (QED) is 0.844. The molecule has 0 aliphatic heterocycles. The minimum atomic E-state index is 0.0833. The number of aryl methyl sites for hydroxylation is 3. The van der Waals surface area contributed by atoms with Crippen molar-refractivity contribution in [2.24, 2.45) is 5.73 Å². The Kier molecular flexibility index (Phi) is 2.70. The number of likely N-dealkylation sites (N-methyl/N-ethyl adjacent to an activating group) is 1. The normalized spacial score (nSPS) is 17.3. The molecule has 0 spiro atoms. The van der Waals surface area contributed by atoms with Crippen LogP contribution in [0.2, 0.25) is 0 Å². The van der Waals surface area contributed by atoms with E-state index in [2.05, 4.69) is 44.9 Å². The molecule has 1 aromatic carbocycles. The topological polar surface area (TPSA) is 29.3 Å². The van der Waals surface area contributed by atoms with Crippen molar-refractivity contribution in [1.29, 1.82) is 0 Å². The van der Waals surface area contributed by atoms with Crippen molar-refractivity contribution in [3.63, 3.8) is 0 Å². The van der Waals surface area contributed by atoms with Gasteiger partial charge in [0.2, 0.25) is 0 Å². The third-order valence-electron chi connectivity index (χ3n) is 3.67. The van der Waals surface area contributed by atoms with Crippen LogP contribution in [0.1, 0.15) is 29.5 Å². The SMILES string of the molecule is Cc1cc(C)c(N(C)CC2(N)CC2)cc1C. The van der Waals surface area contributed by atoms with Gasteiger partial charge in [-0.1, -0.05) is 6.07 Å². The molecule has 0 radical (unpaired) electrons. The summed E-state index contributed by atoms with van der Waals surface area (Å²) in [5.74, 6) is 0. The minimum absolute atomic E-state index is 0.0833. The zero-order chi connectivity index (χ0) is 11.9. The summed E-state index contributed by atoms with van der Waals surface area (Å²) < 4.78 is 0. The van der Waals surface area contributed by atoms with Crippen molar-refractivity contribution in [1.82, 2.24) is 0 Å². The van der Waals surface area contributed by atoms with Gasteiger partial charge in [-0.05, 0) is 56.4 Å². The molecule has 0 heterocycles. The second-order valence-electron chi connectivity index (χ2n) is 5.44. The molecule has 1 aromatic rings. The molecule has 88 valence electrons. The Morgan fingerprint density at radius 3 is 2.25 bits per heavy atom. The molecular formula is C14H22N2. The monoisotopic (exact) mass is 218 g/mol. The van der Waals surface area contributed by atoms with Gasteiger partial charge < -0.3 is 10.6 Å². The highest BCUT2D eigenvalue weighted by atomic mass is 15.1. The van der Waals surface area contributed by atoms with E-state index >= 15 is 0 Å². The third kappa shape index (κ3) is 2.22. The summed E-state index contributed by atoms with van der Waals surface area (Å²) in [5, 5.41) is 0. The largest absolute Gasteiger partial charge is 0.373 e. The van der Waals surface area contributed by atoms with Crippen LogP contribution in [0.25, 0.3) is 0 Å². The molecule has 1 aliphatic rings. The molecule has 1 saturated carbocycles. The predicted molar refractivity (Wildman–Crippen MR) is 70.1 cm³/mol. The Morgan fingerprint density at radius 2 is 1.69 bits per heavy atom. The number of benzene rings is 1. The van der Waals surface area contributed by atoms with Crippen LogP contribution in [0.4, 0.5) is 5.69 Å². The highest BCUT2D eigenvalue weighted by Crippen LogP contribution is 2.34. The number of anilines is 1. The van der Waals surface area contributed by atoms with Crippen molar-refractivity contribution >= 4 is 5.69 Å². The van der Waals surface area contributed by atoms with E-state index in [0.29, 0.717) is 0 Å². The maximum absolute atomic E-state index is 6.16.